The van der Waals surface area contributed by atoms with Gasteiger partial charge in [-0.1, -0.05) is 0 Å². The maximum absolute atomic E-state index is 13.6. The van der Waals surface area contributed by atoms with Crippen LogP contribution in [0.5, 0.6) is 0 Å². The molecule has 11 heteroatoms. The number of hydrogen-bond donors (Lipinski definition) is 2. The van der Waals surface area contributed by atoms with E-state index in [1.54, 1.807) is 23.1 Å². The number of fused-ring (bicyclic) bond motifs is 3. The van der Waals surface area contributed by atoms with Gasteiger partial charge in [-0.3, -0.25) is 14.9 Å². The zero-order valence-corrected chi connectivity index (χ0v) is 16.6. The highest BCUT2D eigenvalue weighted by atomic mass is 19.4. The second-order valence-corrected chi connectivity index (χ2v) is 7.27. The van der Waals surface area contributed by atoms with Crippen LogP contribution in [0.15, 0.2) is 47.7 Å². The SMILES string of the molecule is O=C(c1ccc2c(c1)N=C(c1ncccc1C(F)(F)F)Nc1c[nH]nc1-2)N1CCOCC1. The molecule has 2 N–H and O–H groups in total. The predicted octanol–water partition coefficient (Wildman–Crippen LogP) is 3.47. The molecule has 3 aromatic rings. The third kappa shape index (κ3) is 3.60. The Bertz CT molecular complexity index is 1210. The van der Waals surface area contributed by atoms with Crippen molar-refractivity contribution < 1.29 is 22.7 Å². The Balaban J connectivity index is 1.63. The number of carbonyl (C=O) groups is 1. The van der Waals surface area contributed by atoms with Gasteiger partial charge in [-0.15, -0.1) is 0 Å². The number of amides is 1. The molecule has 1 aromatic carbocycles. The van der Waals surface area contributed by atoms with Crippen molar-refractivity contribution in [3.05, 3.63) is 59.5 Å². The number of benzene rings is 1. The standard InChI is InChI=1S/C21H17F3N6O2/c22-21(23,24)14-2-1-5-25-18(14)19-27-15-10-12(20(31)30-6-8-32-9-7-30)3-4-13(15)17-16(28-19)11-26-29-17/h1-5,10-11H,6-9H2,(H,26,29)(H,27,28). The highest BCUT2D eigenvalue weighted by Gasteiger charge is 2.36. The highest BCUT2D eigenvalue weighted by Crippen LogP contribution is 2.39. The summed E-state index contributed by atoms with van der Waals surface area (Å²) >= 11 is 0. The normalized spacial score (nSPS) is 15.8. The summed E-state index contributed by atoms with van der Waals surface area (Å²) in [5.41, 5.74) is 0.945. The van der Waals surface area contributed by atoms with Crippen molar-refractivity contribution in [1.29, 1.82) is 0 Å². The summed E-state index contributed by atoms with van der Waals surface area (Å²) in [6.45, 7) is 1.86. The highest BCUT2D eigenvalue weighted by molar-refractivity contribution is 6.13. The first-order valence-electron chi connectivity index (χ1n) is 9.85. The summed E-state index contributed by atoms with van der Waals surface area (Å²) in [6.07, 6.45) is -1.81. The van der Waals surface area contributed by atoms with Gasteiger partial charge in [0.05, 0.1) is 30.2 Å². The number of aromatic nitrogens is 3. The lowest BCUT2D eigenvalue weighted by Crippen LogP contribution is -2.40. The van der Waals surface area contributed by atoms with Gasteiger partial charge in [0.15, 0.2) is 5.84 Å². The number of nitrogens with one attached hydrogen (secondary N) is 2. The Labute approximate surface area is 180 Å². The third-order valence-electron chi connectivity index (χ3n) is 5.26. The predicted molar refractivity (Wildman–Crippen MR) is 110 cm³/mol. The second kappa shape index (κ2) is 7.75. The van der Waals surface area contributed by atoms with Crippen LogP contribution in [0.3, 0.4) is 0 Å². The monoisotopic (exact) mass is 442 g/mol. The van der Waals surface area contributed by atoms with Crippen LogP contribution in [-0.2, 0) is 10.9 Å². The van der Waals surface area contributed by atoms with Gasteiger partial charge in [0.2, 0.25) is 0 Å². The number of hydrogen-bond acceptors (Lipinski definition) is 6. The number of nitrogens with zero attached hydrogens (tertiary/aromatic N) is 4. The van der Waals surface area contributed by atoms with Gasteiger partial charge in [0, 0.05) is 36.6 Å². The van der Waals surface area contributed by atoms with E-state index in [1.165, 1.54) is 18.5 Å². The smallest absolute Gasteiger partial charge is 0.378 e. The molecule has 4 heterocycles. The Morgan fingerprint density at radius 3 is 2.72 bits per heavy atom. The van der Waals surface area contributed by atoms with Crippen molar-refractivity contribution in [2.75, 3.05) is 31.6 Å². The molecule has 0 spiro atoms. The van der Waals surface area contributed by atoms with Crippen LogP contribution < -0.4 is 5.32 Å². The number of rotatable bonds is 2. The number of alkyl halides is 3. The minimum Gasteiger partial charge on any atom is -0.378 e. The summed E-state index contributed by atoms with van der Waals surface area (Å²) in [5.74, 6) is -0.281. The van der Waals surface area contributed by atoms with E-state index in [1.807, 2.05) is 0 Å². The molecular formula is C21H17F3N6O2. The summed E-state index contributed by atoms with van der Waals surface area (Å²) in [4.78, 5) is 23.0. The average Bonchev–Trinajstić information content (AvgIpc) is 3.20. The van der Waals surface area contributed by atoms with E-state index in [4.69, 9.17) is 4.74 Å². The molecule has 8 nitrogen and oxygen atoms in total. The van der Waals surface area contributed by atoms with Crippen molar-refractivity contribution in [2.45, 2.75) is 6.18 Å². The molecule has 0 unspecified atom stereocenters. The van der Waals surface area contributed by atoms with Gasteiger partial charge < -0.3 is 15.0 Å². The fourth-order valence-corrected chi connectivity index (χ4v) is 3.71. The van der Waals surface area contributed by atoms with Gasteiger partial charge in [0.1, 0.15) is 11.4 Å². The van der Waals surface area contributed by atoms with Crippen LogP contribution in [0, 0.1) is 0 Å². The van der Waals surface area contributed by atoms with Crippen LogP contribution in [0.2, 0.25) is 0 Å². The van der Waals surface area contributed by atoms with Crippen molar-refractivity contribution in [3.63, 3.8) is 0 Å². The fourth-order valence-electron chi connectivity index (χ4n) is 3.71. The number of pyridine rings is 1. The minimum absolute atomic E-state index is 0.0877. The zero-order chi connectivity index (χ0) is 22.3. The third-order valence-corrected chi connectivity index (χ3v) is 5.26. The molecule has 0 atom stereocenters. The van der Waals surface area contributed by atoms with Gasteiger partial charge in [0.25, 0.3) is 5.91 Å². The first kappa shape index (κ1) is 20.2. The Morgan fingerprint density at radius 2 is 1.94 bits per heavy atom. The lowest BCUT2D eigenvalue weighted by atomic mass is 10.0. The van der Waals surface area contributed by atoms with Gasteiger partial charge in [-0.05, 0) is 30.3 Å². The Hall–Kier alpha value is -3.73. The molecule has 5 rings (SSSR count). The summed E-state index contributed by atoms with van der Waals surface area (Å²) in [5, 5.41) is 9.83. The molecule has 0 aliphatic carbocycles. The molecule has 1 saturated heterocycles. The van der Waals surface area contributed by atoms with E-state index in [0.717, 1.165) is 6.07 Å². The number of amidine groups is 1. The van der Waals surface area contributed by atoms with Crippen molar-refractivity contribution in [3.8, 4) is 11.3 Å². The first-order valence-corrected chi connectivity index (χ1v) is 9.85. The average molecular weight is 442 g/mol. The number of ether oxygens (including phenoxy) is 1. The van der Waals surface area contributed by atoms with E-state index in [2.05, 4.69) is 25.5 Å². The molecule has 2 aliphatic heterocycles. The molecule has 2 aromatic heterocycles. The van der Waals surface area contributed by atoms with Gasteiger partial charge in [-0.2, -0.15) is 18.3 Å². The Morgan fingerprint density at radius 1 is 1.12 bits per heavy atom. The molecular weight excluding hydrogens is 425 g/mol. The quantitative estimate of drug-likeness (QED) is 0.634. The van der Waals surface area contributed by atoms with Crippen molar-refractivity contribution in [1.82, 2.24) is 20.1 Å². The van der Waals surface area contributed by atoms with E-state index < -0.39 is 11.7 Å². The maximum Gasteiger partial charge on any atom is 0.418 e. The van der Waals surface area contributed by atoms with E-state index in [9.17, 15) is 18.0 Å². The van der Waals surface area contributed by atoms with E-state index in [-0.39, 0.29) is 17.4 Å². The van der Waals surface area contributed by atoms with E-state index in [0.29, 0.717) is 54.5 Å². The number of aromatic amines is 1. The van der Waals surface area contributed by atoms with Gasteiger partial charge in [-0.25, -0.2) is 4.99 Å². The second-order valence-electron chi connectivity index (χ2n) is 7.27. The fraction of sp³-hybridized carbons (Fsp3) is 0.238. The lowest BCUT2D eigenvalue weighted by Gasteiger charge is -2.27. The summed E-state index contributed by atoms with van der Waals surface area (Å²) in [7, 11) is 0. The molecule has 164 valence electrons. The molecule has 0 radical (unpaired) electrons. The maximum atomic E-state index is 13.6. The lowest BCUT2D eigenvalue weighted by molar-refractivity contribution is -0.137. The van der Waals surface area contributed by atoms with Gasteiger partial charge >= 0.3 is 6.18 Å². The summed E-state index contributed by atoms with van der Waals surface area (Å²) in [6, 6.07) is 7.10. The number of aliphatic imine (C=N–C) groups is 1. The van der Waals surface area contributed by atoms with Crippen LogP contribution >= 0.6 is 0 Å². The van der Waals surface area contributed by atoms with Crippen LogP contribution in [0.1, 0.15) is 21.6 Å². The van der Waals surface area contributed by atoms with Crippen molar-refractivity contribution in [2.24, 2.45) is 4.99 Å². The molecule has 32 heavy (non-hydrogen) atoms. The first-order chi connectivity index (χ1) is 15.4. The van der Waals surface area contributed by atoms with Crippen LogP contribution in [-0.4, -0.2) is 58.1 Å². The Kier molecular flexibility index (Phi) is 4.89. The number of morpholine rings is 1. The number of H-pyrrole nitrogens is 1. The number of anilines is 1. The van der Waals surface area contributed by atoms with E-state index >= 15 is 0 Å². The van der Waals surface area contributed by atoms with Crippen LogP contribution in [0.4, 0.5) is 24.5 Å². The molecule has 1 amide bonds. The largest absolute Gasteiger partial charge is 0.418 e. The molecule has 0 saturated carbocycles. The number of halogens is 3. The molecule has 0 bridgehead atoms. The topological polar surface area (TPSA) is 95.5 Å². The van der Waals surface area contributed by atoms with Crippen LogP contribution in [0.25, 0.3) is 11.3 Å². The molecule has 1 fully saturated rings. The minimum atomic E-state index is -4.61. The summed E-state index contributed by atoms with van der Waals surface area (Å²) < 4.78 is 46.1. The molecule has 2 aliphatic rings. The van der Waals surface area contributed by atoms with Crippen molar-refractivity contribution >= 4 is 23.1 Å². The number of carbonyl (C=O) groups excluding carboxylic acids is 1. The zero-order valence-electron chi connectivity index (χ0n) is 16.6.